The maximum absolute atomic E-state index is 5.30. The Balaban J connectivity index is 1.93. The van der Waals surface area contributed by atoms with E-state index in [4.69, 9.17) is 9.47 Å². The van der Waals surface area contributed by atoms with E-state index in [0.29, 0.717) is 0 Å². The second-order valence-electron chi connectivity index (χ2n) is 6.17. The predicted molar refractivity (Wildman–Crippen MR) is 108 cm³/mol. The van der Waals surface area contributed by atoms with E-state index in [-0.39, 0.29) is 0 Å². The molecule has 0 radical (unpaired) electrons. The number of hydrogen-bond donors (Lipinski definition) is 0. The molecule has 128 valence electrons. The van der Waals surface area contributed by atoms with Crippen molar-refractivity contribution in [1.82, 2.24) is 0 Å². The average Bonchev–Trinajstić information content (AvgIpc) is 2.73. The third-order valence-electron chi connectivity index (χ3n) is 4.71. The Morgan fingerprint density at radius 1 is 0.500 bits per heavy atom. The number of rotatable bonds is 4. The molecule has 0 N–H and O–H groups in total. The van der Waals surface area contributed by atoms with Crippen molar-refractivity contribution in [3.05, 3.63) is 84.9 Å². The summed E-state index contributed by atoms with van der Waals surface area (Å²) in [5.74, 6) is 1.73. The molecule has 4 aromatic rings. The van der Waals surface area contributed by atoms with Crippen molar-refractivity contribution >= 4 is 10.8 Å². The molecular weight excluding hydrogens is 320 g/mol. The third kappa shape index (κ3) is 2.91. The zero-order valence-corrected chi connectivity index (χ0v) is 14.9. The van der Waals surface area contributed by atoms with E-state index in [1.54, 1.807) is 14.2 Å². The number of methoxy groups -OCH3 is 2. The van der Waals surface area contributed by atoms with E-state index in [0.717, 1.165) is 11.5 Å². The zero-order valence-electron chi connectivity index (χ0n) is 14.9. The molecule has 0 heterocycles. The summed E-state index contributed by atoms with van der Waals surface area (Å²) in [7, 11) is 3.38. The Bertz CT molecular complexity index is 950. The standard InChI is InChI=1S/C24H20O2/c1-25-20-13-9-17(10-14-20)22-7-3-5-19-6-4-8-23(24(19)22)18-11-15-21(26-2)16-12-18/h3-16H,1-2H3. The Morgan fingerprint density at radius 2 is 0.923 bits per heavy atom. The van der Waals surface area contributed by atoms with Gasteiger partial charge in [-0.15, -0.1) is 0 Å². The lowest BCUT2D eigenvalue weighted by molar-refractivity contribution is 0.415. The van der Waals surface area contributed by atoms with Crippen LogP contribution in [-0.4, -0.2) is 14.2 Å². The maximum atomic E-state index is 5.30. The Labute approximate surface area is 153 Å². The summed E-state index contributed by atoms with van der Waals surface area (Å²) in [5.41, 5.74) is 4.79. The number of fused-ring (bicyclic) bond motifs is 1. The summed E-state index contributed by atoms with van der Waals surface area (Å²) in [6.45, 7) is 0. The van der Waals surface area contributed by atoms with Gasteiger partial charge in [0.2, 0.25) is 0 Å². The van der Waals surface area contributed by atoms with E-state index in [1.807, 2.05) is 24.3 Å². The van der Waals surface area contributed by atoms with Crippen molar-refractivity contribution in [2.24, 2.45) is 0 Å². The minimum atomic E-state index is 0.865. The van der Waals surface area contributed by atoms with Gasteiger partial charge in [-0.05, 0) is 57.3 Å². The predicted octanol–water partition coefficient (Wildman–Crippen LogP) is 6.19. The molecule has 0 saturated carbocycles. The van der Waals surface area contributed by atoms with E-state index >= 15 is 0 Å². The summed E-state index contributed by atoms with van der Waals surface area (Å²) in [4.78, 5) is 0. The molecule has 2 heteroatoms. The Morgan fingerprint density at radius 3 is 1.31 bits per heavy atom. The first-order valence-electron chi connectivity index (χ1n) is 8.61. The van der Waals surface area contributed by atoms with Crippen LogP contribution in [0.3, 0.4) is 0 Å². The summed E-state index contributed by atoms with van der Waals surface area (Å²) in [5, 5.41) is 2.48. The van der Waals surface area contributed by atoms with Crippen LogP contribution >= 0.6 is 0 Å². The summed E-state index contributed by atoms with van der Waals surface area (Å²) >= 11 is 0. The van der Waals surface area contributed by atoms with E-state index < -0.39 is 0 Å². The van der Waals surface area contributed by atoms with Gasteiger partial charge < -0.3 is 9.47 Å². The highest BCUT2D eigenvalue weighted by Gasteiger charge is 2.10. The van der Waals surface area contributed by atoms with Gasteiger partial charge in [0, 0.05) is 0 Å². The van der Waals surface area contributed by atoms with Crippen LogP contribution in [0.1, 0.15) is 0 Å². The maximum Gasteiger partial charge on any atom is 0.118 e. The van der Waals surface area contributed by atoms with Gasteiger partial charge in [0.05, 0.1) is 14.2 Å². The van der Waals surface area contributed by atoms with Crippen molar-refractivity contribution in [1.29, 1.82) is 0 Å². The highest BCUT2D eigenvalue weighted by atomic mass is 16.5. The van der Waals surface area contributed by atoms with Crippen molar-refractivity contribution in [2.45, 2.75) is 0 Å². The molecule has 0 atom stereocenters. The second kappa shape index (κ2) is 6.93. The van der Waals surface area contributed by atoms with Crippen LogP contribution in [0, 0.1) is 0 Å². The Kier molecular flexibility index (Phi) is 4.32. The van der Waals surface area contributed by atoms with Crippen LogP contribution < -0.4 is 9.47 Å². The first-order chi connectivity index (χ1) is 12.8. The van der Waals surface area contributed by atoms with Crippen LogP contribution in [0.4, 0.5) is 0 Å². The third-order valence-corrected chi connectivity index (χ3v) is 4.71. The molecule has 0 saturated heterocycles. The summed E-state index contributed by atoms with van der Waals surface area (Å²) in [6, 6.07) is 29.4. The van der Waals surface area contributed by atoms with Gasteiger partial charge in [0.15, 0.2) is 0 Å². The van der Waals surface area contributed by atoms with Gasteiger partial charge >= 0.3 is 0 Å². The normalized spacial score (nSPS) is 10.7. The van der Waals surface area contributed by atoms with Crippen molar-refractivity contribution < 1.29 is 9.47 Å². The van der Waals surface area contributed by atoms with Crippen LogP contribution in [-0.2, 0) is 0 Å². The quantitative estimate of drug-likeness (QED) is 0.441. The molecule has 2 nitrogen and oxygen atoms in total. The summed E-state index contributed by atoms with van der Waals surface area (Å²) in [6.07, 6.45) is 0. The van der Waals surface area contributed by atoms with Gasteiger partial charge in [-0.3, -0.25) is 0 Å². The molecule has 4 aromatic carbocycles. The first kappa shape index (κ1) is 16.2. The lowest BCUT2D eigenvalue weighted by atomic mass is 9.91. The highest BCUT2D eigenvalue weighted by Crippen LogP contribution is 2.37. The van der Waals surface area contributed by atoms with Crippen LogP contribution in [0.25, 0.3) is 33.0 Å². The molecule has 0 aliphatic carbocycles. The van der Waals surface area contributed by atoms with Crippen molar-refractivity contribution in [3.63, 3.8) is 0 Å². The van der Waals surface area contributed by atoms with Crippen molar-refractivity contribution in [2.75, 3.05) is 14.2 Å². The molecule has 0 spiro atoms. The molecule has 0 fully saturated rings. The van der Waals surface area contributed by atoms with E-state index in [2.05, 4.69) is 60.7 Å². The van der Waals surface area contributed by atoms with Gasteiger partial charge in [-0.25, -0.2) is 0 Å². The largest absolute Gasteiger partial charge is 0.497 e. The molecule has 0 aliphatic heterocycles. The number of benzene rings is 4. The van der Waals surface area contributed by atoms with E-state index in [1.165, 1.54) is 33.0 Å². The SMILES string of the molecule is COc1ccc(-c2cccc3cccc(-c4ccc(OC)cc4)c23)cc1. The summed E-state index contributed by atoms with van der Waals surface area (Å²) < 4.78 is 10.6. The van der Waals surface area contributed by atoms with Crippen LogP contribution in [0.5, 0.6) is 11.5 Å². The number of hydrogen-bond acceptors (Lipinski definition) is 2. The van der Waals surface area contributed by atoms with Gasteiger partial charge in [0.25, 0.3) is 0 Å². The molecule has 0 unspecified atom stereocenters. The minimum absolute atomic E-state index is 0.865. The van der Waals surface area contributed by atoms with Crippen molar-refractivity contribution in [3.8, 4) is 33.8 Å². The lowest BCUT2D eigenvalue weighted by Gasteiger charge is -2.13. The van der Waals surface area contributed by atoms with Crippen LogP contribution in [0.2, 0.25) is 0 Å². The Hall–Kier alpha value is -3.26. The highest BCUT2D eigenvalue weighted by molar-refractivity contribution is 6.06. The second-order valence-corrected chi connectivity index (χ2v) is 6.17. The van der Waals surface area contributed by atoms with Gasteiger partial charge in [-0.2, -0.15) is 0 Å². The lowest BCUT2D eigenvalue weighted by Crippen LogP contribution is -1.88. The monoisotopic (exact) mass is 340 g/mol. The minimum Gasteiger partial charge on any atom is -0.497 e. The van der Waals surface area contributed by atoms with E-state index in [9.17, 15) is 0 Å². The van der Waals surface area contributed by atoms with Gasteiger partial charge in [0.1, 0.15) is 11.5 Å². The van der Waals surface area contributed by atoms with Crippen LogP contribution in [0.15, 0.2) is 84.9 Å². The first-order valence-corrected chi connectivity index (χ1v) is 8.61. The molecule has 0 amide bonds. The fraction of sp³-hybridized carbons (Fsp3) is 0.0833. The fourth-order valence-corrected chi connectivity index (χ4v) is 3.36. The fourth-order valence-electron chi connectivity index (χ4n) is 3.36. The molecule has 0 bridgehead atoms. The van der Waals surface area contributed by atoms with Gasteiger partial charge in [-0.1, -0.05) is 60.7 Å². The molecule has 4 rings (SSSR count). The smallest absolute Gasteiger partial charge is 0.118 e. The molecule has 26 heavy (non-hydrogen) atoms. The number of ether oxygens (including phenoxy) is 2. The topological polar surface area (TPSA) is 18.5 Å². The molecular formula is C24H20O2. The molecule has 0 aliphatic rings. The zero-order chi connectivity index (χ0) is 17.9. The average molecular weight is 340 g/mol. The molecule has 0 aromatic heterocycles.